The van der Waals surface area contributed by atoms with Gasteiger partial charge in [0, 0.05) is 24.8 Å². The van der Waals surface area contributed by atoms with Gasteiger partial charge in [-0.25, -0.2) is 9.37 Å². The molecule has 1 aliphatic rings. The molecule has 0 aliphatic carbocycles. The number of hydrogen-bond donors (Lipinski definition) is 1. The highest BCUT2D eigenvalue weighted by atomic mass is 19.1. The van der Waals surface area contributed by atoms with E-state index in [1.54, 1.807) is 0 Å². The Hall–Kier alpha value is -1.20. The van der Waals surface area contributed by atoms with Gasteiger partial charge in [-0.1, -0.05) is 0 Å². The molecule has 4 nitrogen and oxygen atoms in total. The van der Waals surface area contributed by atoms with Gasteiger partial charge in [-0.05, 0) is 6.07 Å². The molecule has 1 fully saturated rings. The number of aliphatic hydroxyl groups is 1. The summed E-state index contributed by atoms with van der Waals surface area (Å²) < 4.78 is 18.9. The summed E-state index contributed by atoms with van der Waals surface area (Å²) in [4.78, 5) is 5.83. The van der Waals surface area contributed by atoms with E-state index in [4.69, 9.17) is 9.84 Å². The van der Waals surface area contributed by atoms with Crippen LogP contribution in [-0.2, 0) is 11.3 Å². The van der Waals surface area contributed by atoms with Gasteiger partial charge in [0.1, 0.15) is 0 Å². The normalized spacial score (nSPS) is 16.8. The Bertz CT molecular complexity index is 340. The van der Waals surface area contributed by atoms with E-state index in [1.165, 1.54) is 12.3 Å². The second-order valence-electron chi connectivity index (χ2n) is 3.37. The van der Waals surface area contributed by atoms with Crippen LogP contribution in [0.2, 0.25) is 0 Å². The lowest BCUT2D eigenvalue weighted by molar-refractivity contribution is 0.122. The molecule has 0 unspecified atom stereocenters. The Morgan fingerprint density at radius 1 is 1.47 bits per heavy atom. The molecule has 0 bridgehead atoms. The summed E-state index contributed by atoms with van der Waals surface area (Å²) in [6.45, 7) is 2.15. The molecule has 0 aromatic carbocycles. The van der Waals surface area contributed by atoms with Gasteiger partial charge in [-0.15, -0.1) is 0 Å². The van der Waals surface area contributed by atoms with Gasteiger partial charge in [0.15, 0.2) is 11.6 Å². The van der Waals surface area contributed by atoms with Crippen molar-refractivity contribution in [2.24, 2.45) is 0 Å². The fraction of sp³-hybridized carbons (Fsp3) is 0.500. The Morgan fingerprint density at radius 2 is 2.20 bits per heavy atom. The zero-order valence-corrected chi connectivity index (χ0v) is 8.32. The molecule has 0 saturated carbocycles. The van der Waals surface area contributed by atoms with E-state index in [9.17, 15) is 4.39 Å². The van der Waals surface area contributed by atoms with Crippen molar-refractivity contribution >= 4 is 5.82 Å². The lowest BCUT2D eigenvalue weighted by atomic mass is 10.2. The van der Waals surface area contributed by atoms with Gasteiger partial charge in [0.05, 0.1) is 19.8 Å². The number of morpholine rings is 1. The topological polar surface area (TPSA) is 45.6 Å². The summed E-state index contributed by atoms with van der Waals surface area (Å²) in [5.74, 6) is -0.119. The number of hydrogen-bond acceptors (Lipinski definition) is 4. The minimum absolute atomic E-state index is 0.284. The van der Waals surface area contributed by atoms with Gasteiger partial charge in [0.25, 0.3) is 0 Å². The highest BCUT2D eigenvalue weighted by molar-refractivity contribution is 5.43. The summed E-state index contributed by atoms with van der Waals surface area (Å²) in [5.41, 5.74) is 0.284. The van der Waals surface area contributed by atoms with Crippen LogP contribution in [-0.4, -0.2) is 36.4 Å². The predicted octanol–water partition coefficient (Wildman–Crippen LogP) is 0.550. The van der Waals surface area contributed by atoms with E-state index in [1.807, 2.05) is 4.90 Å². The van der Waals surface area contributed by atoms with Crippen molar-refractivity contribution in [2.75, 3.05) is 31.2 Å². The number of aliphatic hydroxyl groups excluding tert-OH is 1. The molecule has 0 atom stereocenters. The first-order valence-corrected chi connectivity index (χ1v) is 4.90. The van der Waals surface area contributed by atoms with E-state index in [2.05, 4.69) is 4.98 Å². The number of anilines is 1. The van der Waals surface area contributed by atoms with Crippen molar-refractivity contribution in [1.82, 2.24) is 4.98 Å². The Labute approximate surface area is 87.3 Å². The quantitative estimate of drug-likeness (QED) is 0.777. The fourth-order valence-corrected chi connectivity index (χ4v) is 1.59. The van der Waals surface area contributed by atoms with Crippen LogP contribution < -0.4 is 4.90 Å². The molecular weight excluding hydrogens is 199 g/mol. The molecule has 82 valence electrons. The number of aromatic nitrogens is 1. The smallest absolute Gasteiger partial charge is 0.171 e. The highest BCUT2D eigenvalue weighted by Gasteiger charge is 2.17. The fourth-order valence-electron chi connectivity index (χ4n) is 1.59. The molecule has 1 aromatic heterocycles. The number of rotatable bonds is 2. The predicted molar refractivity (Wildman–Crippen MR) is 53.1 cm³/mol. The highest BCUT2D eigenvalue weighted by Crippen LogP contribution is 2.20. The summed E-state index contributed by atoms with van der Waals surface area (Å²) >= 11 is 0. The minimum Gasteiger partial charge on any atom is -0.392 e. The zero-order chi connectivity index (χ0) is 10.7. The standard InChI is InChI=1S/C10H13FN2O2/c11-9-8(7-14)1-2-12-10(9)13-3-5-15-6-4-13/h1-2,14H,3-7H2. The summed E-state index contributed by atoms with van der Waals surface area (Å²) in [6.07, 6.45) is 1.51. The van der Waals surface area contributed by atoms with Gasteiger partial charge >= 0.3 is 0 Å². The lowest BCUT2D eigenvalue weighted by Crippen LogP contribution is -2.37. The third-order valence-electron chi connectivity index (χ3n) is 2.43. The van der Waals surface area contributed by atoms with E-state index in [-0.39, 0.29) is 12.2 Å². The summed E-state index contributed by atoms with van der Waals surface area (Å²) in [7, 11) is 0. The van der Waals surface area contributed by atoms with Crippen molar-refractivity contribution in [1.29, 1.82) is 0 Å². The molecule has 1 aromatic rings. The molecule has 1 saturated heterocycles. The van der Waals surface area contributed by atoms with Crippen LogP contribution >= 0.6 is 0 Å². The summed E-state index contributed by atoms with van der Waals surface area (Å²) in [6, 6.07) is 1.49. The van der Waals surface area contributed by atoms with Crippen LogP contribution in [0.4, 0.5) is 10.2 Å². The van der Waals surface area contributed by atoms with E-state index in [0.717, 1.165) is 0 Å². The molecule has 15 heavy (non-hydrogen) atoms. The zero-order valence-electron chi connectivity index (χ0n) is 8.32. The van der Waals surface area contributed by atoms with E-state index >= 15 is 0 Å². The van der Waals surface area contributed by atoms with E-state index in [0.29, 0.717) is 32.1 Å². The van der Waals surface area contributed by atoms with Gasteiger partial charge in [0.2, 0.25) is 0 Å². The molecule has 0 spiro atoms. The first-order chi connectivity index (χ1) is 7.33. The number of halogens is 1. The molecule has 0 amide bonds. The van der Waals surface area contributed by atoms with Crippen LogP contribution in [0.1, 0.15) is 5.56 Å². The largest absolute Gasteiger partial charge is 0.392 e. The lowest BCUT2D eigenvalue weighted by Gasteiger charge is -2.28. The Balaban J connectivity index is 2.26. The third kappa shape index (κ3) is 2.08. The second kappa shape index (κ2) is 4.55. The maximum atomic E-state index is 13.8. The van der Waals surface area contributed by atoms with Crippen molar-refractivity contribution in [3.8, 4) is 0 Å². The first-order valence-electron chi connectivity index (χ1n) is 4.90. The minimum atomic E-state index is -0.429. The third-order valence-corrected chi connectivity index (χ3v) is 2.43. The number of pyridine rings is 1. The van der Waals surface area contributed by atoms with Crippen molar-refractivity contribution in [3.63, 3.8) is 0 Å². The second-order valence-corrected chi connectivity index (χ2v) is 3.37. The van der Waals surface area contributed by atoms with Crippen LogP contribution in [0.5, 0.6) is 0 Å². The number of nitrogens with zero attached hydrogens (tertiary/aromatic N) is 2. The molecule has 1 aliphatic heterocycles. The van der Waals surface area contributed by atoms with Crippen molar-refractivity contribution in [2.45, 2.75) is 6.61 Å². The molecule has 5 heteroatoms. The molecule has 2 heterocycles. The number of ether oxygens (including phenoxy) is 1. The van der Waals surface area contributed by atoms with Crippen LogP contribution in [0, 0.1) is 5.82 Å². The average Bonchev–Trinajstić information content (AvgIpc) is 2.30. The van der Waals surface area contributed by atoms with Crippen molar-refractivity contribution < 1.29 is 14.2 Å². The van der Waals surface area contributed by atoms with Gasteiger partial charge in [-0.3, -0.25) is 0 Å². The first kappa shape index (κ1) is 10.3. The van der Waals surface area contributed by atoms with E-state index < -0.39 is 5.82 Å². The Morgan fingerprint density at radius 3 is 2.87 bits per heavy atom. The molecule has 1 N–H and O–H groups in total. The Kier molecular flexibility index (Phi) is 3.13. The maximum Gasteiger partial charge on any atom is 0.171 e. The monoisotopic (exact) mass is 212 g/mol. The molecule has 0 radical (unpaired) electrons. The average molecular weight is 212 g/mol. The molecule has 2 rings (SSSR count). The molecular formula is C10H13FN2O2. The summed E-state index contributed by atoms with van der Waals surface area (Å²) in [5, 5.41) is 8.93. The van der Waals surface area contributed by atoms with Gasteiger partial charge in [-0.2, -0.15) is 0 Å². The van der Waals surface area contributed by atoms with Crippen molar-refractivity contribution in [3.05, 3.63) is 23.6 Å². The van der Waals surface area contributed by atoms with Crippen LogP contribution in [0.25, 0.3) is 0 Å². The maximum absolute atomic E-state index is 13.8. The van der Waals surface area contributed by atoms with Crippen LogP contribution in [0.15, 0.2) is 12.3 Å². The SMILES string of the molecule is OCc1ccnc(N2CCOCC2)c1F. The van der Waals surface area contributed by atoms with Gasteiger partial charge < -0.3 is 14.7 Å². The van der Waals surface area contributed by atoms with Crippen LogP contribution in [0.3, 0.4) is 0 Å².